The Kier molecular flexibility index (Phi) is 6.35. The summed E-state index contributed by atoms with van der Waals surface area (Å²) in [7, 11) is 0. The van der Waals surface area contributed by atoms with E-state index in [1.54, 1.807) is 11.3 Å². The molecule has 20 heavy (non-hydrogen) atoms. The second kappa shape index (κ2) is 8.28. The fourth-order valence-electron chi connectivity index (χ4n) is 2.02. The van der Waals surface area contributed by atoms with Gasteiger partial charge in [0, 0.05) is 19.6 Å². The van der Waals surface area contributed by atoms with E-state index in [9.17, 15) is 4.79 Å². The largest absolute Gasteiger partial charge is 0.376 e. The van der Waals surface area contributed by atoms with Crippen molar-refractivity contribution in [1.82, 2.24) is 15.5 Å². The van der Waals surface area contributed by atoms with Gasteiger partial charge in [-0.1, -0.05) is 0 Å². The fraction of sp³-hybridized carbons (Fsp3) is 0.769. The Balaban J connectivity index is 1.51. The Morgan fingerprint density at radius 2 is 2.40 bits per heavy atom. The molecule has 0 radical (unpaired) electrons. The van der Waals surface area contributed by atoms with E-state index in [1.165, 1.54) is 6.42 Å². The standard InChI is InChI=1S/C13H21N3O3S/c1-10-15-16-13(20-10)5-6-14-12(17)9-18-8-11-4-2-3-7-19-11/h11H,2-9H2,1H3,(H,14,17)/t11-/m1/s1. The number of aromatic nitrogens is 2. The number of ether oxygens (including phenoxy) is 2. The lowest BCUT2D eigenvalue weighted by Gasteiger charge is -2.22. The Bertz CT molecular complexity index is 419. The minimum Gasteiger partial charge on any atom is -0.376 e. The molecule has 112 valence electrons. The summed E-state index contributed by atoms with van der Waals surface area (Å²) in [6.07, 6.45) is 4.20. The number of carbonyl (C=O) groups is 1. The van der Waals surface area contributed by atoms with E-state index < -0.39 is 0 Å². The zero-order valence-corrected chi connectivity index (χ0v) is 12.6. The van der Waals surface area contributed by atoms with E-state index in [2.05, 4.69) is 15.5 Å². The average Bonchev–Trinajstić information content (AvgIpc) is 2.86. The first-order valence-electron chi connectivity index (χ1n) is 6.99. The maximum Gasteiger partial charge on any atom is 0.246 e. The van der Waals surface area contributed by atoms with E-state index in [-0.39, 0.29) is 18.6 Å². The normalized spacial score (nSPS) is 18.9. The number of nitrogens with one attached hydrogen (secondary N) is 1. The molecule has 1 aliphatic heterocycles. The van der Waals surface area contributed by atoms with Crippen LogP contribution in [0.5, 0.6) is 0 Å². The van der Waals surface area contributed by atoms with Gasteiger partial charge >= 0.3 is 0 Å². The van der Waals surface area contributed by atoms with Gasteiger partial charge in [0.2, 0.25) is 5.91 Å². The lowest BCUT2D eigenvalue weighted by atomic mass is 10.1. The van der Waals surface area contributed by atoms with E-state index >= 15 is 0 Å². The van der Waals surface area contributed by atoms with Gasteiger partial charge in [0.15, 0.2) is 0 Å². The summed E-state index contributed by atoms with van der Waals surface area (Å²) in [5.41, 5.74) is 0. The molecule has 0 spiro atoms. The second-order valence-electron chi connectivity index (χ2n) is 4.82. The van der Waals surface area contributed by atoms with E-state index in [0.717, 1.165) is 29.5 Å². The lowest BCUT2D eigenvalue weighted by molar-refractivity contribution is -0.127. The van der Waals surface area contributed by atoms with Crippen molar-refractivity contribution in [3.63, 3.8) is 0 Å². The molecule has 0 aromatic carbocycles. The van der Waals surface area contributed by atoms with Gasteiger partial charge in [-0.3, -0.25) is 4.79 Å². The summed E-state index contributed by atoms with van der Waals surface area (Å²) in [4.78, 5) is 11.6. The Morgan fingerprint density at radius 1 is 1.50 bits per heavy atom. The van der Waals surface area contributed by atoms with Crippen molar-refractivity contribution in [2.75, 3.05) is 26.4 Å². The van der Waals surface area contributed by atoms with Gasteiger partial charge in [0.05, 0.1) is 12.7 Å². The summed E-state index contributed by atoms with van der Waals surface area (Å²) in [5.74, 6) is -0.0953. The first-order valence-corrected chi connectivity index (χ1v) is 7.80. The topological polar surface area (TPSA) is 73.3 Å². The molecule has 1 amide bonds. The molecule has 1 saturated heterocycles. The highest BCUT2D eigenvalue weighted by Crippen LogP contribution is 2.12. The van der Waals surface area contributed by atoms with Crippen LogP contribution in [0.4, 0.5) is 0 Å². The molecule has 1 atom stereocenters. The van der Waals surface area contributed by atoms with Crippen molar-refractivity contribution < 1.29 is 14.3 Å². The monoisotopic (exact) mass is 299 g/mol. The van der Waals surface area contributed by atoms with Gasteiger partial charge < -0.3 is 14.8 Å². The number of nitrogens with zero attached hydrogens (tertiary/aromatic N) is 2. The van der Waals surface area contributed by atoms with Gasteiger partial charge in [-0.05, 0) is 26.2 Å². The van der Waals surface area contributed by atoms with Crippen molar-refractivity contribution in [2.24, 2.45) is 0 Å². The fourth-order valence-corrected chi connectivity index (χ4v) is 2.73. The highest BCUT2D eigenvalue weighted by atomic mass is 32.1. The van der Waals surface area contributed by atoms with Gasteiger partial charge in [-0.2, -0.15) is 0 Å². The number of hydrogen-bond donors (Lipinski definition) is 1. The zero-order chi connectivity index (χ0) is 14.2. The average molecular weight is 299 g/mol. The van der Waals surface area contributed by atoms with Crippen LogP contribution in [-0.2, 0) is 20.7 Å². The molecule has 0 saturated carbocycles. The smallest absolute Gasteiger partial charge is 0.246 e. The van der Waals surface area contributed by atoms with Crippen molar-refractivity contribution in [1.29, 1.82) is 0 Å². The van der Waals surface area contributed by atoms with E-state index in [1.807, 2.05) is 6.92 Å². The number of amides is 1. The van der Waals surface area contributed by atoms with Crippen molar-refractivity contribution in [3.05, 3.63) is 10.0 Å². The molecular formula is C13H21N3O3S. The molecule has 1 fully saturated rings. The van der Waals surface area contributed by atoms with Crippen LogP contribution in [0.1, 0.15) is 29.3 Å². The molecule has 0 unspecified atom stereocenters. The Labute approximate surface area is 122 Å². The summed E-state index contributed by atoms with van der Waals surface area (Å²) in [5, 5.41) is 12.6. The third kappa shape index (κ3) is 5.52. The van der Waals surface area contributed by atoms with Crippen LogP contribution in [0, 0.1) is 6.92 Å². The Morgan fingerprint density at radius 3 is 3.10 bits per heavy atom. The molecule has 1 aromatic heterocycles. The third-order valence-electron chi connectivity index (χ3n) is 3.04. The SMILES string of the molecule is Cc1nnc(CCNC(=O)COC[C@H]2CCCCO2)s1. The quantitative estimate of drug-likeness (QED) is 0.816. The number of carbonyl (C=O) groups excluding carboxylic acids is 1. The van der Waals surface area contributed by atoms with Crippen LogP contribution in [0.15, 0.2) is 0 Å². The summed E-state index contributed by atoms with van der Waals surface area (Å²) in [6.45, 7) is 3.89. The molecule has 6 nitrogen and oxygen atoms in total. The maximum absolute atomic E-state index is 11.6. The van der Waals surface area contributed by atoms with Gasteiger partial charge in [-0.25, -0.2) is 0 Å². The first kappa shape index (κ1) is 15.3. The molecule has 1 aliphatic rings. The highest BCUT2D eigenvalue weighted by Gasteiger charge is 2.14. The first-order chi connectivity index (χ1) is 9.74. The third-order valence-corrected chi connectivity index (χ3v) is 3.94. The predicted molar refractivity (Wildman–Crippen MR) is 75.8 cm³/mol. The molecule has 0 aliphatic carbocycles. The zero-order valence-electron chi connectivity index (χ0n) is 11.8. The Hall–Kier alpha value is -1.05. The van der Waals surface area contributed by atoms with Crippen LogP contribution < -0.4 is 5.32 Å². The van der Waals surface area contributed by atoms with Gasteiger partial charge in [0.1, 0.15) is 16.6 Å². The van der Waals surface area contributed by atoms with E-state index in [0.29, 0.717) is 19.6 Å². The van der Waals surface area contributed by atoms with Crippen LogP contribution >= 0.6 is 11.3 Å². The van der Waals surface area contributed by atoms with Crippen LogP contribution in [0.2, 0.25) is 0 Å². The van der Waals surface area contributed by atoms with Gasteiger partial charge in [-0.15, -0.1) is 21.5 Å². The summed E-state index contributed by atoms with van der Waals surface area (Å²) < 4.78 is 10.9. The van der Waals surface area contributed by atoms with Crippen molar-refractivity contribution in [2.45, 2.75) is 38.7 Å². The molecule has 2 rings (SSSR count). The van der Waals surface area contributed by atoms with Crippen LogP contribution in [0.3, 0.4) is 0 Å². The second-order valence-corrected chi connectivity index (χ2v) is 6.08. The molecule has 0 bridgehead atoms. The highest BCUT2D eigenvalue weighted by molar-refractivity contribution is 7.11. The van der Waals surface area contributed by atoms with Crippen molar-refractivity contribution in [3.8, 4) is 0 Å². The lowest BCUT2D eigenvalue weighted by Crippen LogP contribution is -2.32. The van der Waals surface area contributed by atoms with Crippen LogP contribution in [-0.4, -0.2) is 48.6 Å². The minimum absolute atomic E-state index is 0.0923. The maximum atomic E-state index is 11.6. The van der Waals surface area contributed by atoms with Gasteiger partial charge in [0.25, 0.3) is 0 Å². The summed E-state index contributed by atoms with van der Waals surface area (Å²) >= 11 is 1.55. The minimum atomic E-state index is -0.0953. The number of hydrogen-bond acceptors (Lipinski definition) is 6. The molecule has 1 aromatic rings. The molecule has 1 N–H and O–H groups in total. The summed E-state index contributed by atoms with van der Waals surface area (Å²) in [6, 6.07) is 0. The van der Waals surface area contributed by atoms with Crippen LogP contribution in [0.25, 0.3) is 0 Å². The van der Waals surface area contributed by atoms with E-state index in [4.69, 9.17) is 9.47 Å². The molecule has 2 heterocycles. The predicted octanol–water partition coefficient (Wildman–Crippen LogP) is 1.09. The van der Waals surface area contributed by atoms with Crippen molar-refractivity contribution >= 4 is 17.2 Å². The number of aryl methyl sites for hydroxylation is 1. The number of rotatable bonds is 7. The molecular weight excluding hydrogens is 278 g/mol. The molecule has 7 heteroatoms.